The Kier molecular flexibility index (Phi) is 2.12. The Morgan fingerprint density at radius 3 is 2.85 bits per heavy atom. The van der Waals surface area contributed by atoms with Gasteiger partial charge in [-0.15, -0.1) is 0 Å². The molecule has 0 radical (unpaired) electrons. The van der Waals surface area contributed by atoms with E-state index >= 15 is 0 Å². The highest BCUT2D eigenvalue weighted by Gasteiger charge is 2.25. The molecule has 1 saturated heterocycles. The summed E-state index contributed by atoms with van der Waals surface area (Å²) in [4.78, 5) is 10.7. The Morgan fingerprint density at radius 1 is 1.46 bits per heavy atom. The highest BCUT2D eigenvalue weighted by Crippen LogP contribution is 1.99. The van der Waals surface area contributed by atoms with Crippen molar-refractivity contribution in [3.63, 3.8) is 0 Å². The van der Waals surface area contributed by atoms with Crippen molar-refractivity contribution in [1.29, 1.82) is 0 Å². The number of amides is 1. The van der Waals surface area contributed by atoms with Gasteiger partial charge in [-0.2, -0.15) is 0 Å². The van der Waals surface area contributed by atoms with Gasteiger partial charge < -0.3 is 10.1 Å². The predicted molar refractivity (Wildman–Crippen MR) is 44.9 cm³/mol. The summed E-state index contributed by atoms with van der Waals surface area (Å²) in [5, 5.41) is 2.62. The first-order valence-electron chi connectivity index (χ1n) is 4.23. The molecule has 1 N–H and O–H groups in total. The summed E-state index contributed by atoms with van der Waals surface area (Å²) in [5.74, 6) is 0. The summed E-state index contributed by atoms with van der Waals surface area (Å²) in [6.07, 6.45) is 3.54. The minimum absolute atomic E-state index is 0.0418. The van der Waals surface area contributed by atoms with Crippen molar-refractivity contribution < 1.29 is 14.1 Å². The number of carbonyl (C=O) groups excluding carboxylic acids is 1. The van der Waals surface area contributed by atoms with Crippen LogP contribution in [0.25, 0.3) is 0 Å². The van der Waals surface area contributed by atoms with E-state index in [1.54, 1.807) is 0 Å². The highest BCUT2D eigenvalue weighted by molar-refractivity contribution is 5.69. The standard InChI is InChI=1S/C9H10N2O2/c12-9-10-6-8(13-9)7-11-4-2-1-3-5-11/h1-5,8H,6-7H2/p+1. The molecule has 1 aromatic rings. The molecule has 0 spiro atoms. The van der Waals surface area contributed by atoms with Crippen molar-refractivity contribution in [3.8, 4) is 0 Å². The lowest BCUT2D eigenvalue weighted by Crippen LogP contribution is -2.40. The van der Waals surface area contributed by atoms with Gasteiger partial charge in [-0.3, -0.25) is 0 Å². The second-order valence-corrected chi connectivity index (χ2v) is 2.98. The maximum Gasteiger partial charge on any atom is 0.407 e. The molecule has 0 aliphatic carbocycles. The number of rotatable bonds is 2. The van der Waals surface area contributed by atoms with Crippen molar-refractivity contribution in [2.24, 2.45) is 0 Å². The molecule has 0 saturated carbocycles. The van der Waals surface area contributed by atoms with E-state index in [1.807, 2.05) is 35.2 Å². The Balaban J connectivity index is 1.96. The van der Waals surface area contributed by atoms with Crippen molar-refractivity contribution >= 4 is 6.09 Å². The zero-order valence-electron chi connectivity index (χ0n) is 7.14. The van der Waals surface area contributed by atoms with Gasteiger partial charge in [0, 0.05) is 12.1 Å². The molecule has 4 heteroatoms. The predicted octanol–water partition coefficient (Wildman–Crippen LogP) is 0.0825. The van der Waals surface area contributed by atoms with E-state index in [0.29, 0.717) is 13.1 Å². The molecule has 4 nitrogen and oxygen atoms in total. The number of aromatic nitrogens is 1. The van der Waals surface area contributed by atoms with Gasteiger partial charge in [0.15, 0.2) is 25.0 Å². The van der Waals surface area contributed by atoms with Crippen LogP contribution in [0.4, 0.5) is 4.79 Å². The van der Waals surface area contributed by atoms with E-state index < -0.39 is 0 Å². The molecule has 1 amide bonds. The number of nitrogens with zero attached hydrogens (tertiary/aromatic N) is 1. The molecular weight excluding hydrogens is 168 g/mol. The summed E-state index contributed by atoms with van der Waals surface area (Å²) in [6.45, 7) is 1.31. The van der Waals surface area contributed by atoms with Gasteiger partial charge in [0.05, 0.1) is 6.54 Å². The number of alkyl carbamates (subject to hydrolysis) is 1. The van der Waals surface area contributed by atoms with Crippen molar-refractivity contribution in [2.45, 2.75) is 12.6 Å². The Labute approximate surface area is 76.1 Å². The van der Waals surface area contributed by atoms with Crippen LogP contribution >= 0.6 is 0 Å². The first-order valence-corrected chi connectivity index (χ1v) is 4.23. The monoisotopic (exact) mass is 179 g/mol. The Morgan fingerprint density at radius 2 is 2.23 bits per heavy atom. The topological polar surface area (TPSA) is 42.2 Å². The highest BCUT2D eigenvalue weighted by atomic mass is 16.6. The summed E-state index contributed by atoms with van der Waals surface area (Å²) >= 11 is 0. The Bertz CT molecular complexity index is 300. The minimum atomic E-state index is -0.318. The summed E-state index contributed by atoms with van der Waals surface area (Å²) < 4.78 is 6.99. The molecule has 2 rings (SSSR count). The number of cyclic esters (lactones) is 1. The van der Waals surface area contributed by atoms with Crippen LogP contribution in [0.1, 0.15) is 0 Å². The number of nitrogens with one attached hydrogen (secondary N) is 1. The van der Waals surface area contributed by atoms with E-state index in [2.05, 4.69) is 5.32 Å². The molecule has 0 bridgehead atoms. The number of ether oxygens (including phenoxy) is 1. The SMILES string of the molecule is O=C1NCC(C[n+]2ccccc2)O1. The van der Waals surface area contributed by atoms with Crippen LogP contribution < -0.4 is 9.88 Å². The third-order valence-corrected chi connectivity index (χ3v) is 1.94. The van der Waals surface area contributed by atoms with Gasteiger partial charge in [0.2, 0.25) is 0 Å². The molecular formula is C9H11N2O2+. The molecule has 13 heavy (non-hydrogen) atoms. The minimum Gasteiger partial charge on any atom is -0.438 e. The zero-order chi connectivity index (χ0) is 9.10. The first kappa shape index (κ1) is 8.04. The number of pyridine rings is 1. The average Bonchev–Trinajstić information content (AvgIpc) is 2.53. The van der Waals surface area contributed by atoms with E-state index in [4.69, 9.17) is 4.74 Å². The quantitative estimate of drug-likeness (QED) is 0.653. The van der Waals surface area contributed by atoms with Crippen LogP contribution in [0.3, 0.4) is 0 Å². The van der Waals surface area contributed by atoms with Gasteiger partial charge in [0.1, 0.15) is 0 Å². The lowest BCUT2D eigenvalue weighted by molar-refractivity contribution is -0.702. The second-order valence-electron chi connectivity index (χ2n) is 2.98. The smallest absolute Gasteiger partial charge is 0.407 e. The fraction of sp³-hybridized carbons (Fsp3) is 0.333. The fourth-order valence-corrected chi connectivity index (χ4v) is 1.32. The molecule has 1 fully saturated rings. The van der Waals surface area contributed by atoms with E-state index in [-0.39, 0.29) is 12.2 Å². The lowest BCUT2D eigenvalue weighted by Gasteiger charge is -2.02. The van der Waals surface area contributed by atoms with E-state index in [0.717, 1.165) is 0 Å². The van der Waals surface area contributed by atoms with Gasteiger partial charge in [-0.05, 0) is 0 Å². The Hall–Kier alpha value is -1.58. The molecule has 1 aliphatic heterocycles. The number of carbonyl (C=O) groups is 1. The number of hydrogen-bond donors (Lipinski definition) is 1. The van der Waals surface area contributed by atoms with Crippen molar-refractivity contribution in [2.75, 3.05) is 6.54 Å². The molecule has 1 aliphatic rings. The maximum atomic E-state index is 10.7. The summed E-state index contributed by atoms with van der Waals surface area (Å²) in [7, 11) is 0. The average molecular weight is 179 g/mol. The van der Waals surface area contributed by atoms with Crippen molar-refractivity contribution in [1.82, 2.24) is 5.32 Å². The largest absolute Gasteiger partial charge is 0.438 e. The van der Waals surface area contributed by atoms with E-state index in [9.17, 15) is 4.79 Å². The van der Waals surface area contributed by atoms with E-state index in [1.165, 1.54) is 0 Å². The molecule has 1 aromatic heterocycles. The van der Waals surface area contributed by atoms with Crippen LogP contribution in [-0.2, 0) is 11.3 Å². The van der Waals surface area contributed by atoms with Crippen LogP contribution in [0.15, 0.2) is 30.6 Å². The number of hydrogen-bond acceptors (Lipinski definition) is 2. The molecule has 0 aromatic carbocycles. The van der Waals surface area contributed by atoms with Gasteiger partial charge in [-0.1, -0.05) is 6.07 Å². The van der Waals surface area contributed by atoms with Crippen molar-refractivity contribution in [3.05, 3.63) is 30.6 Å². The fourth-order valence-electron chi connectivity index (χ4n) is 1.32. The summed E-state index contributed by atoms with van der Waals surface area (Å²) in [6, 6.07) is 5.85. The molecule has 1 unspecified atom stereocenters. The third-order valence-electron chi connectivity index (χ3n) is 1.94. The molecule has 2 heterocycles. The van der Waals surface area contributed by atoms with Crippen LogP contribution in [0.2, 0.25) is 0 Å². The molecule has 1 atom stereocenters. The van der Waals surface area contributed by atoms with Crippen LogP contribution in [-0.4, -0.2) is 18.7 Å². The summed E-state index contributed by atoms with van der Waals surface area (Å²) in [5.41, 5.74) is 0. The van der Waals surface area contributed by atoms with Gasteiger partial charge in [-0.25, -0.2) is 9.36 Å². The van der Waals surface area contributed by atoms with Gasteiger partial charge in [0.25, 0.3) is 0 Å². The first-order chi connectivity index (χ1) is 6.34. The van der Waals surface area contributed by atoms with Gasteiger partial charge >= 0.3 is 6.09 Å². The maximum absolute atomic E-state index is 10.7. The van der Waals surface area contributed by atoms with Crippen LogP contribution in [0, 0.1) is 0 Å². The third kappa shape index (κ3) is 1.96. The lowest BCUT2D eigenvalue weighted by atomic mass is 10.3. The normalized spacial score (nSPS) is 20.9. The van der Waals surface area contributed by atoms with Crippen LogP contribution in [0.5, 0.6) is 0 Å². The zero-order valence-corrected chi connectivity index (χ0v) is 7.14. The molecule has 68 valence electrons. The second kappa shape index (κ2) is 3.43.